The molecule has 0 radical (unpaired) electrons. The highest BCUT2D eigenvalue weighted by Crippen LogP contribution is 2.22. The summed E-state index contributed by atoms with van der Waals surface area (Å²) in [5.41, 5.74) is 0. The first-order chi connectivity index (χ1) is 12.3. The molecule has 0 aliphatic carbocycles. The van der Waals surface area contributed by atoms with Crippen LogP contribution in [0.1, 0.15) is 44.9 Å². The van der Waals surface area contributed by atoms with E-state index in [1.807, 2.05) is 17.5 Å². The van der Waals surface area contributed by atoms with Crippen molar-refractivity contribution in [2.45, 2.75) is 51.5 Å². The Morgan fingerprint density at radius 1 is 1.44 bits per heavy atom. The van der Waals surface area contributed by atoms with E-state index in [9.17, 15) is 4.79 Å². The standard InChI is InChI=1S/C18H26N4O2S/c1-2-12-22(14-8-10-19-11-9-14)17(23)7-3-6-16-20-18(21-24-16)15-5-4-13-25-15/h4-5,13-14,19H,2-3,6-12H2,1H3. The SMILES string of the molecule is CCCN(C(=O)CCCc1nc(-c2cccs2)no1)C1CCNCC1. The Morgan fingerprint density at radius 2 is 2.28 bits per heavy atom. The summed E-state index contributed by atoms with van der Waals surface area (Å²) in [5, 5.41) is 9.37. The van der Waals surface area contributed by atoms with Crippen molar-refractivity contribution in [3.05, 3.63) is 23.4 Å². The zero-order valence-electron chi connectivity index (χ0n) is 14.7. The Kier molecular flexibility index (Phi) is 6.58. The zero-order chi connectivity index (χ0) is 17.5. The van der Waals surface area contributed by atoms with Crippen LogP contribution in [-0.2, 0) is 11.2 Å². The van der Waals surface area contributed by atoms with Crippen LogP contribution in [0.2, 0.25) is 0 Å². The topological polar surface area (TPSA) is 71.3 Å². The third kappa shape index (κ3) is 4.89. The fraction of sp³-hybridized carbons (Fsp3) is 0.611. The summed E-state index contributed by atoms with van der Waals surface area (Å²) < 4.78 is 5.31. The number of thiophene rings is 1. The van der Waals surface area contributed by atoms with Crippen molar-refractivity contribution in [1.82, 2.24) is 20.4 Å². The summed E-state index contributed by atoms with van der Waals surface area (Å²) >= 11 is 1.59. The summed E-state index contributed by atoms with van der Waals surface area (Å²) in [6.07, 6.45) is 5.05. The second-order valence-corrected chi connectivity index (χ2v) is 7.36. The molecule has 136 valence electrons. The molecule has 0 spiro atoms. The van der Waals surface area contributed by atoms with Gasteiger partial charge in [-0.2, -0.15) is 4.98 Å². The van der Waals surface area contributed by atoms with Crippen LogP contribution in [0.3, 0.4) is 0 Å². The highest BCUT2D eigenvalue weighted by atomic mass is 32.1. The summed E-state index contributed by atoms with van der Waals surface area (Å²) in [5.74, 6) is 1.51. The second kappa shape index (κ2) is 9.10. The number of aromatic nitrogens is 2. The molecule has 0 atom stereocenters. The van der Waals surface area contributed by atoms with Gasteiger partial charge in [0.1, 0.15) is 0 Å². The van der Waals surface area contributed by atoms with Crippen molar-refractivity contribution in [2.24, 2.45) is 0 Å². The third-order valence-electron chi connectivity index (χ3n) is 4.53. The first-order valence-electron chi connectivity index (χ1n) is 9.14. The lowest BCUT2D eigenvalue weighted by molar-refractivity contribution is -0.134. The summed E-state index contributed by atoms with van der Waals surface area (Å²) in [6.45, 7) is 5.00. The lowest BCUT2D eigenvalue weighted by Gasteiger charge is -2.34. The van der Waals surface area contributed by atoms with E-state index < -0.39 is 0 Å². The van der Waals surface area contributed by atoms with Gasteiger partial charge in [-0.15, -0.1) is 11.3 Å². The van der Waals surface area contributed by atoms with E-state index in [1.165, 1.54) is 0 Å². The number of aryl methyl sites for hydroxylation is 1. The maximum atomic E-state index is 12.7. The van der Waals surface area contributed by atoms with Gasteiger partial charge in [0, 0.05) is 25.4 Å². The van der Waals surface area contributed by atoms with E-state index in [2.05, 4.69) is 27.3 Å². The number of rotatable bonds is 8. The Labute approximate surface area is 152 Å². The Bertz CT molecular complexity index is 650. The number of nitrogens with one attached hydrogen (secondary N) is 1. The predicted octanol–water partition coefficient (Wildman–Crippen LogP) is 3.11. The smallest absolute Gasteiger partial charge is 0.226 e. The first kappa shape index (κ1) is 18.1. The lowest BCUT2D eigenvalue weighted by Crippen LogP contribution is -2.46. The van der Waals surface area contributed by atoms with Crippen LogP contribution in [0.4, 0.5) is 0 Å². The van der Waals surface area contributed by atoms with Crippen LogP contribution >= 0.6 is 11.3 Å². The molecule has 2 aromatic heterocycles. The number of carbonyl (C=O) groups is 1. The minimum Gasteiger partial charge on any atom is -0.340 e. The summed E-state index contributed by atoms with van der Waals surface area (Å²) in [6, 6.07) is 4.34. The molecule has 0 aromatic carbocycles. The molecule has 1 fully saturated rings. The van der Waals surface area contributed by atoms with Crippen LogP contribution in [0.5, 0.6) is 0 Å². The van der Waals surface area contributed by atoms with Gasteiger partial charge in [0.25, 0.3) is 0 Å². The van der Waals surface area contributed by atoms with E-state index in [1.54, 1.807) is 11.3 Å². The largest absolute Gasteiger partial charge is 0.340 e. The van der Waals surface area contributed by atoms with Crippen molar-refractivity contribution in [3.8, 4) is 10.7 Å². The highest BCUT2D eigenvalue weighted by Gasteiger charge is 2.24. The normalized spacial score (nSPS) is 15.4. The molecule has 2 aromatic rings. The molecule has 1 aliphatic heterocycles. The quantitative estimate of drug-likeness (QED) is 0.781. The van der Waals surface area contributed by atoms with Crippen LogP contribution in [0, 0.1) is 0 Å². The van der Waals surface area contributed by atoms with Crippen LogP contribution < -0.4 is 5.32 Å². The van der Waals surface area contributed by atoms with Gasteiger partial charge >= 0.3 is 0 Å². The van der Waals surface area contributed by atoms with Gasteiger partial charge in [0.2, 0.25) is 17.6 Å². The average Bonchev–Trinajstić information content (AvgIpc) is 3.31. The van der Waals surface area contributed by atoms with Gasteiger partial charge in [-0.25, -0.2) is 0 Å². The minimum absolute atomic E-state index is 0.256. The predicted molar refractivity (Wildman–Crippen MR) is 98.4 cm³/mol. The van der Waals surface area contributed by atoms with Gasteiger partial charge < -0.3 is 14.7 Å². The number of hydrogen-bond donors (Lipinski definition) is 1. The lowest BCUT2D eigenvalue weighted by atomic mass is 10.0. The highest BCUT2D eigenvalue weighted by molar-refractivity contribution is 7.13. The van der Waals surface area contributed by atoms with Gasteiger partial charge in [0.15, 0.2) is 0 Å². The molecule has 6 nitrogen and oxygen atoms in total. The number of carbonyl (C=O) groups excluding carboxylic acids is 1. The molecule has 1 saturated heterocycles. The number of amides is 1. The Morgan fingerprint density at radius 3 is 3.00 bits per heavy atom. The molecule has 7 heteroatoms. The van der Waals surface area contributed by atoms with E-state index in [0.717, 1.165) is 50.2 Å². The minimum atomic E-state index is 0.256. The number of hydrogen-bond acceptors (Lipinski definition) is 6. The van der Waals surface area contributed by atoms with Crippen molar-refractivity contribution < 1.29 is 9.32 Å². The van der Waals surface area contributed by atoms with Crippen molar-refractivity contribution in [3.63, 3.8) is 0 Å². The molecular formula is C18H26N4O2S. The van der Waals surface area contributed by atoms with E-state index >= 15 is 0 Å². The van der Waals surface area contributed by atoms with Gasteiger partial charge in [0.05, 0.1) is 4.88 Å². The van der Waals surface area contributed by atoms with Gasteiger partial charge in [-0.3, -0.25) is 4.79 Å². The summed E-state index contributed by atoms with van der Waals surface area (Å²) in [7, 11) is 0. The fourth-order valence-corrected chi connectivity index (χ4v) is 3.92. The van der Waals surface area contributed by atoms with E-state index in [0.29, 0.717) is 30.6 Å². The zero-order valence-corrected chi connectivity index (χ0v) is 15.6. The van der Waals surface area contributed by atoms with Crippen molar-refractivity contribution in [1.29, 1.82) is 0 Å². The molecule has 1 N–H and O–H groups in total. The van der Waals surface area contributed by atoms with Gasteiger partial charge in [-0.1, -0.05) is 18.1 Å². The molecule has 0 saturated carbocycles. The van der Waals surface area contributed by atoms with Crippen LogP contribution in [0.15, 0.2) is 22.0 Å². The summed E-state index contributed by atoms with van der Waals surface area (Å²) in [4.78, 5) is 20.2. The van der Waals surface area contributed by atoms with Crippen molar-refractivity contribution >= 4 is 17.2 Å². The van der Waals surface area contributed by atoms with Gasteiger partial charge in [-0.05, 0) is 50.2 Å². The molecular weight excluding hydrogens is 336 g/mol. The monoisotopic (exact) mass is 362 g/mol. The molecule has 1 amide bonds. The second-order valence-electron chi connectivity index (χ2n) is 6.41. The fourth-order valence-electron chi connectivity index (χ4n) is 3.27. The Hall–Kier alpha value is -1.73. The maximum Gasteiger partial charge on any atom is 0.226 e. The van der Waals surface area contributed by atoms with E-state index in [-0.39, 0.29) is 5.91 Å². The van der Waals surface area contributed by atoms with E-state index in [4.69, 9.17) is 4.52 Å². The third-order valence-corrected chi connectivity index (χ3v) is 5.39. The van der Waals surface area contributed by atoms with Crippen LogP contribution in [0.25, 0.3) is 10.7 Å². The molecule has 0 bridgehead atoms. The molecule has 3 heterocycles. The molecule has 0 unspecified atom stereocenters. The van der Waals surface area contributed by atoms with Crippen LogP contribution in [-0.4, -0.2) is 46.6 Å². The Balaban J connectivity index is 1.49. The first-order valence-corrected chi connectivity index (χ1v) is 10.0. The average molecular weight is 362 g/mol. The van der Waals surface area contributed by atoms with Crippen molar-refractivity contribution in [2.75, 3.05) is 19.6 Å². The number of nitrogens with zero attached hydrogens (tertiary/aromatic N) is 3. The number of piperidine rings is 1. The molecule has 1 aliphatic rings. The molecule has 3 rings (SSSR count). The maximum absolute atomic E-state index is 12.7. The molecule has 25 heavy (non-hydrogen) atoms.